The molecule has 0 bridgehead atoms. The third-order valence-corrected chi connectivity index (χ3v) is 1.92. The molecule has 0 aliphatic carbocycles. The third-order valence-electron chi connectivity index (χ3n) is 0.522. The van der Waals surface area contributed by atoms with Crippen molar-refractivity contribution in [3.63, 3.8) is 0 Å². The van der Waals surface area contributed by atoms with Crippen LogP contribution in [0.15, 0.2) is 12.2 Å². The van der Waals surface area contributed by atoms with Crippen molar-refractivity contribution in [3.8, 4) is 0 Å². The Balaban J connectivity index is 3.18. The number of hydrogen-bond acceptors (Lipinski definition) is 2. The summed E-state index contributed by atoms with van der Waals surface area (Å²) in [5.41, 5.74) is 1.18. The molecule has 0 amide bonds. The molecule has 0 aliphatic rings. The summed E-state index contributed by atoms with van der Waals surface area (Å²) in [6, 6.07) is 0. The molecule has 0 rings (SSSR count). The van der Waals surface area contributed by atoms with E-state index in [1.165, 1.54) is 5.57 Å². The highest BCUT2D eigenvalue weighted by atomic mass is 32.2. The second-order valence-corrected chi connectivity index (χ2v) is 3.80. The van der Waals surface area contributed by atoms with Crippen molar-refractivity contribution in [1.29, 1.82) is 0 Å². The highest BCUT2D eigenvalue weighted by Crippen LogP contribution is 2.06. The minimum absolute atomic E-state index is 0.968. The van der Waals surface area contributed by atoms with Crippen molar-refractivity contribution < 1.29 is 0 Å². The summed E-state index contributed by atoms with van der Waals surface area (Å²) in [5, 5.41) is 0. The lowest BCUT2D eigenvalue weighted by atomic mass is 10.4. The first-order valence-corrected chi connectivity index (χ1v) is 3.80. The zero-order valence-electron chi connectivity index (χ0n) is 5.23. The van der Waals surface area contributed by atoms with Crippen LogP contribution < -0.4 is 0 Å². The largest absolute Gasteiger partial charge is 0.115 e. The Bertz CT molecular complexity index is 91.1. The van der Waals surface area contributed by atoms with Gasteiger partial charge >= 0.3 is 0 Å². The molecule has 0 aromatic rings. The molecule has 46 valence electrons. The van der Waals surface area contributed by atoms with Crippen LogP contribution in [0.4, 0.5) is 0 Å². The summed E-state index contributed by atoms with van der Waals surface area (Å²) in [6.07, 6.45) is 0. The number of rotatable bonds is 2. The predicted molar refractivity (Wildman–Crippen MR) is 45.5 cm³/mol. The molecule has 0 heterocycles. The maximum atomic E-state index is 4.84. The fourth-order valence-corrected chi connectivity index (χ4v) is 0.851. The molecule has 0 spiro atoms. The molecule has 0 aromatic heterocycles. The Kier molecular flexibility index (Phi) is 4.19. The average Bonchev–Trinajstić information content (AvgIpc) is 1.61. The number of hydrogen-bond donors (Lipinski definition) is 0. The third kappa shape index (κ3) is 6.18. The van der Waals surface area contributed by atoms with Gasteiger partial charge in [-0.3, -0.25) is 0 Å². The van der Waals surface area contributed by atoms with E-state index in [0.717, 1.165) is 9.95 Å². The Morgan fingerprint density at radius 2 is 2.12 bits per heavy atom. The van der Waals surface area contributed by atoms with Gasteiger partial charge in [-0.2, -0.15) is 0 Å². The maximum Gasteiger partial charge on any atom is 0.0450 e. The van der Waals surface area contributed by atoms with Crippen LogP contribution in [0.3, 0.4) is 0 Å². The minimum Gasteiger partial charge on any atom is -0.115 e. The summed E-state index contributed by atoms with van der Waals surface area (Å²) in [5.74, 6) is 0.968. The van der Waals surface area contributed by atoms with Gasteiger partial charge in [-0.25, -0.2) is 0 Å². The average molecular weight is 146 g/mol. The van der Waals surface area contributed by atoms with Gasteiger partial charge in [0.25, 0.3) is 0 Å². The van der Waals surface area contributed by atoms with Crippen LogP contribution in [0, 0.1) is 0 Å². The molecule has 0 aromatic carbocycles. The SMILES string of the molecule is C=C(C)CSC(C)=S. The number of thiocarbonyl (C=S) groups is 1. The standard InChI is InChI=1S/C6H10S2/c1-5(2)4-8-6(3)7/h1,4H2,2-3H3. The second kappa shape index (κ2) is 4.10. The van der Waals surface area contributed by atoms with E-state index in [1.807, 2.05) is 13.8 Å². The topological polar surface area (TPSA) is 0 Å². The van der Waals surface area contributed by atoms with Gasteiger partial charge in [-0.05, 0) is 13.8 Å². The van der Waals surface area contributed by atoms with Crippen molar-refractivity contribution in [2.45, 2.75) is 13.8 Å². The molecule has 0 atom stereocenters. The highest BCUT2D eigenvalue weighted by Gasteiger charge is 1.87. The first-order chi connectivity index (χ1) is 3.63. The Labute approximate surface area is 60.4 Å². The lowest BCUT2D eigenvalue weighted by Gasteiger charge is -1.94. The van der Waals surface area contributed by atoms with Crippen LogP contribution in [0.5, 0.6) is 0 Å². The van der Waals surface area contributed by atoms with Crippen molar-refractivity contribution in [3.05, 3.63) is 12.2 Å². The smallest absolute Gasteiger partial charge is 0.0450 e. The van der Waals surface area contributed by atoms with Gasteiger partial charge in [0.2, 0.25) is 0 Å². The highest BCUT2D eigenvalue weighted by molar-refractivity contribution is 8.23. The molecule has 0 aliphatic heterocycles. The van der Waals surface area contributed by atoms with E-state index in [4.69, 9.17) is 12.2 Å². The van der Waals surface area contributed by atoms with E-state index < -0.39 is 0 Å². The van der Waals surface area contributed by atoms with Crippen LogP contribution in [-0.4, -0.2) is 9.95 Å². The van der Waals surface area contributed by atoms with Gasteiger partial charge in [0.05, 0.1) is 0 Å². The van der Waals surface area contributed by atoms with Crippen molar-refractivity contribution >= 4 is 28.2 Å². The monoisotopic (exact) mass is 146 g/mol. The van der Waals surface area contributed by atoms with Crippen LogP contribution in [0.25, 0.3) is 0 Å². The van der Waals surface area contributed by atoms with Gasteiger partial charge in [0.15, 0.2) is 0 Å². The lowest BCUT2D eigenvalue weighted by molar-refractivity contribution is 1.45. The second-order valence-electron chi connectivity index (χ2n) is 1.74. The van der Waals surface area contributed by atoms with Crippen molar-refractivity contribution in [2.24, 2.45) is 0 Å². The van der Waals surface area contributed by atoms with Crippen LogP contribution in [0.2, 0.25) is 0 Å². The maximum absolute atomic E-state index is 4.84. The summed E-state index contributed by atoms with van der Waals surface area (Å²) >= 11 is 6.51. The van der Waals surface area contributed by atoms with Crippen LogP contribution in [0.1, 0.15) is 13.8 Å². The molecule has 0 fully saturated rings. The predicted octanol–water partition coefficient (Wildman–Crippen LogP) is 2.64. The molecule has 0 N–H and O–H groups in total. The quantitative estimate of drug-likeness (QED) is 0.434. The fourth-order valence-electron chi connectivity index (χ4n) is 0.225. The van der Waals surface area contributed by atoms with Gasteiger partial charge in [-0.15, -0.1) is 11.8 Å². The molecule has 8 heavy (non-hydrogen) atoms. The Morgan fingerprint density at radius 3 is 2.25 bits per heavy atom. The van der Waals surface area contributed by atoms with E-state index in [1.54, 1.807) is 11.8 Å². The molecule has 0 unspecified atom stereocenters. The lowest BCUT2D eigenvalue weighted by Crippen LogP contribution is -1.82. The van der Waals surface area contributed by atoms with Crippen LogP contribution in [-0.2, 0) is 0 Å². The summed E-state index contributed by atoms with van der Waals surface area (Å²) in [4.78, 5) is 0. The fraction of sp³-hybridized carbons (Fsp3) is 0.500. The van der Waals surface area contributed by atoms with E-state index in [9.17, 15) is 0 Å². The molecule has 0 radical (unpaired) electrons. The molecule has 0 saturated carbocycles. The van der Waals surface area contributed by atoms with Gasteiger partial charge < -0.3 is 0 Å². The van der Waals surface area contributed by atoms with Crippen molar-refractivity contribution in [2.75, 3.05) is 5.75 Å². The van der Waals surface area contributed by atoms with Crippen LogP contribution >= 0.6 is 24.0 Å². The molecule has 0 saturated heterocycles. The minimum atomic E-state index is 0.968. The number of thioether (sulfide) groups is 1. The van der Waals surface area contributed by atoms with E-state index in [2.05, 4.69) is 6.58 Å². The zero-order chi connectivity index (χ0) is 6.57. The molecule has 2 heteroatoms. The summed E-state index contributed by atoms with van der Waals surface area (Å²) in [7, 11) is 0. The van der Waals surface area contributed by atoms with Gasteiger partial charge in [0.1, 0.15) is 0 Å². The molecular weight excluding hydrogens is 136 g/mol. The van der Waals surface area contributed by atoms with Gasteiger partial charge in [0, 0.05) is 9.95 Å². The van der Waals surface area contributed by atoms with E-state index in [-0.39, 0.29) is 0 Å². The summed E-state index contributed by atoms with van der Waals surface area (Å²) in [6.45, 7) is 7.69. The normalized spacial score (nSPS) is 8.75. The summed E-state index contributed by atoms with van der Waals surface area (Å²) < 4.78 is 0.994. The Hall–Kier alpha value is 0.180. The van der Waals surface area contributed by atoms with E-state index >= 15 is 0 Å². The Morgan fingerprint density at radius 1 is 1.62 bits per heavy atom. The first-order valence-electron chi connectivity index (χ1n) is 2.40. The van der Waals surface area contributed by atoms with Crippen molar-refractivity contribution in [1.82, 2.24) is 0 Å². The zero-order valence-corrected chi connectivity index (χ0v) is 6.86. The molecular formula is C6H10S2. The van der Waals surface area contributed by atoms with Gasteiger partial charge in [-0.1, -0.05) is 24.4 Å². The van der Waals surface area contributed by atoms with E-state index in [0.29, 0.717) is 0 Å². The molecule has 0 nitrogen and oxygen atoms in total. The first kappa shape index (κ1) is 8.18.